The highest BCUT2D eigenvalue weighted by molar-refractivity contribution is 6.15. The van der Waals surface area contributed by atoms with Crippen LogP contribution in [0, 0.1) is 0 Å². The zero-order valence-electron chi connectivity index (χ0n) is 31.7. The second kappa shape index (κ2) is 15.7. The van der Waals surface area contributed by atoms with Gasteiger partial charge in [0.1, 0.15) is 0 Å². The minimum atomic E-state index is 0.842. The number of benzene rings is 6. The summed E-state index contributed by atoms with van der Waals surface area (Å²) in [7, 11) is 0. The molecular formula is C53H40N4. The largest absolute Gasteiger partial charge is 0.311 e. The summed E-state index contributed by atoms with van der Waals surface area (Å²) < 4.78 is 2.41. The van der Waals surface area contributed by atoms with Crippen LogP contribution in [0.1, 0.15) is 12.5 Å². The number of nitrogens with zero attached hydrogens (tertiary/aromatic N) is 4. The van der Waals surface area contributed by atoms with Crippen molar-refractivity contribution in [3.63, 3.8) is 0 Å². The van der Waals surface area contributed by atoms with Gasteiger partial charge in [0.05, 0.1) is 11.0 Å². The third kappa shape index (κ3) is 6.97. The molecule has 3 aromatic heterocycles. The second-order valence-electron chi connectivity index (χ2n) is 13.9. The fraction of sp³-hybridized carbons (Fsp3) is 0.0189. The van der Waals surface area contributed by atoms with Crippen LogP contribution >= 0.6 is 0 Å². The Labute approximate surface area is 333 Å². The highest BCUT2D eigenvalue weighted by Crippen LogP contribution is 2.42. The van der Waals surface area contributed by atoms with E-state index in [0.717, 1.165) is 56.1 Å². The van der Waals surface area contributed by atoms with Gasteiger partial charge in [-0.25, -0.2) is 0 Å². The summed E-state index contributed by atoms with van der Waals surface area (Å²) in [5.41, 5.74) is 15.5. The highest BCUT2D eigenvalue weighted by atomic mass is 15.1. The number of hydrogen-bond donors (Lipinski definition) is 0. The number of aromatic nitrogens is 3. The molecule has 0 unspecified atom stereocenters. The number of para-hydroxylation sites is 2. The molecule has 0 amide bonds. The first-order valence-corrected chi connectivity index (χ1v) is 19.2. The summed E-state index contributed by atoms with van der Waals surface area (Å²) in [6.07, 6.45) is 13.6. The molecule has 0 aliphatic rings. The van der Waals surface area contributed by atoms with Crippen LogP contribution in [0.3, 0.4) is 0 Å². The van der Waals surface area contributed by atoms with Gasteiger partial charge >= 0.3 is 0 Å². The molecule has 0 aliphatic carbocycles. The molecule has 0 radical (unpaired) electrons. The molecule has 3 heterocycles. The zero-order chi connectivity index (χ0) is 38.6. The zero-order valence-corrected chi connectivity index (χ0v) is 31.7. The lowest BCUT2D eigenvalue weighted by Gasteiger charge is -2.26. The standard InChI is InChI=1S/C53H40N4/c1-3-39(42-28-32-54-33-29-42)19-18-38(2)56(47-24-20-40(21-25-47)43-30-34-55-35-31-43)48-26-22-41(23-27-48)45-36-50(44-12-6-4-7-13-44)53-51(37-45)49-16-10-11-17-52(49)57(53)46-14-8-5-9-15-46/h3-37H,2H2,1H3/b19-18-,39-3+. The number of fused-ring (bicyclic) bond motifs is 3. The summed E-state index contributed by atoms with van der Waals surface area (Å²) in [6, 6.07) is 60.4. The van der Waals surface area contributed by atoms with Crippen LogP contribution in [-0.4, -0.2) is 14.5 Å². The van der Waals surface area contributed by atoms with Crippen molar-refractivity contribution >= 4 is 38.8 Å². The molecule has 272 valence electrons. The summed E-state index contributed by atoms with van der Waals surface area (Å²) in [5.74, 6) is 0. The molecule has 57 heavy (non-hydrogen) atoms. The Kier molecular flexibility index (Phi) is 9.66. The van der Waals surface area contributed by atoms with E-state index < -0.39 is 0 Å². The van der Waals surface area contributed by atoms with Crippen LogP contribution in [0.5, 0.6) is 0 Å². The van der Waals surface area contributed by atoms with Gasteiger partial charge in [-0.05, 0) is 131 Å². The maximum atomic E-state index is 4.59. The normalized spacial score (nSPS) is 11.7. The molecule has 0 bridgehead atoms. The van der Waals surface area contributed by atoms with Crippen molar-refractivity contribution < 1.29 is 0 Å². The van der Waals surface area contributed by atoms with Crippen molar-refractivity contribution in [3.05, 3.63) is 231 Å². The van der Waals surface area contributed by atoms with Gasteiger partial charge in [0, 0.05) is 63.9 Å². The Balaban J connectivity index is 1.15. The van der Waals surface area contributed by atoms with E-state index in [1.165, 1.54) is 32.9 Å². The second-order valence-corrected chi connectivity index (χ2v) is 13.9. The lowest BCUT2D eigenvalue weighted by Crippen LogP contribution is -2.14. The quantitative estimate of drug-likeness (QED) is 0.131. The van der Waals surface area contributed by atoms with Gasteiger partial charge in [-0.15, -0.1) is 0 Å². The van der Waals surface area contributed by atoms with Gasteiger partial charge in [0.25, 0.3) is 0 Å². The number of hydrogen-bond acceptors (Lipinski definition) is 3. The van der Waals surface area contributed by atoms with Gasteiger partial charge in [-0.3, -0.25) is 9.97 Å². The maximum absolute atomic E-state index is 4.59. The Morgan fingerprint density at radius 2 is 1.09 bits per heavy atom. The molecule has 4 nitrogen and oxygen atoms in total. The first-order valence-electron chi connectivity index (χ1n) is 19.2. The van der Waals surface area contributed by atoms with E-state index in [1.807, 2.05) is 49.1 Å². The summed E-state index contributed by atoms with van der Waals surface area (Å²) in [5, 5.41) is 2.45. The van der Waals surface area contributed by atoms with E-state index >= 15 is 0 Å². The first kappa shape index (κ1) is 35.2. The van der Waals surface area contributed by atoms with Crippen molar-refractivity contribution in [2.24, 2.45) is 0 Å². The summed E-state index contributed by atoms with van der Waals surface area (Å²) in [4.78, 5) is 10.6. The van der Waals surface area contributed by atoms with Gasteiger partial charge in [-0.1, -0.05) is 110 Å². The minimum absolute atomic E-state index is 0.842. The Hall–Kier alpha value is -7.56. The lowest BCUT2D eigenvalue weighted by atomic mass is 9.95. The Morgan fingerprint density at radius 3 is 1.74 bits per heavy atom. The van der Waals surface area contributed by atoms with E-state index in [2.05, 4.69) is 197 Å². The molecule has 0 aliphatic heterocycles. The average molecular weight is 733 g/mol. The smallest absolute Gasteiger partial charge is 0.0619 e. The summed E-state index contributed by atoms with van der Waals surface area (Å²) in [6.45, 7) is 6.65. The van der Waals surface area contributed by atoms with Gasteiger partial charge in [-0.2, -0.15) is 0 Å². The summed E-state index contributed by atoms with van der Waals surface area (Å²) >= 11 is 0. The van der Waals surface area contributed by atoms with Gasteiger partial charge in [0.15, 0.2) is 0 Å². The lowest BCUT2D eigenvalue weighted by molar-refractivity contribution is 1.18. The van der Waals surface area contributed by atoms with Crippen molar-refractivity contribution in [3.8, 4) is 39.1 Å². The molecule has 4 heteroatoms. The van der Waals surface area contributed by atoms with Crippen molar-refractivity contribution in [1.82, 2.24) is 14.5 Å². The molecule has 9 rings (SSSR count). The third-order valence-electron chi connectivity index (χ3n) is 10.5. The molecule has 0 atom stereocenters. The molecular weight excluding hydrogens is 693 g/mol. The van der Waals surface area contributed by atoms with E-state index in [0.29, 0.717) is 0 Å². The van der Waals surface area contributed by atoms with Crippen LogP contribution in [0.4, 0.5) is 11.4 Å². The average Bonchev–Trinajstić information content (AvgIpc) is 3.62. The number of anilines is 2. The number of rotatable bonds is 10. The Bertz CT molecular complexity index is 2870. The van der Waals surface area contributed by atoms with Gasteiger partial charge < -0.3 is 9.47 Å². The van der Waals surface area contributed by atoms with Gasteiger partial charge in [0.2, 0.25) is 0 Å². The van der Waals surface area contributed by atoms with Crippen molar-refractivity contribution in [1.29, 1.82) is 0 Å². The predicted molar refractivity (Wildman–Crippen MR) is 240 cm³/mol. The predicted octanol–water partition coefficient (Wildman–Crippen LogP) is 13.9. The minimum Gasteiger partial charge on any atom is -0.311 e. The molecule has 0 N–H and O–H groups in total. The molecule has 0 spiro atoms. The SMILES string of the molecule is C=C(/C=C\C(=C/C)c1ccncc1)N(c1ccc(-c2ccncc2)cc1)c1ccc(-c2cc(-c3ccccc3)c3c(c2)c2ccccc2n3-c2ccccc2)cc1. The van der Waals surface area contributed by atoms with Crippen molar-refractivity contribution in [2.75, 3.05) is 4.90 Å². The molecule has 0 saturated heterocycles. The van der Waals surface area contributed by atoms with Crippen LogP contribution in [-0.2, 0) is 0 Å². The fourth-order valence-electron chi connectivity index (χ4n) is 7.74. The highest BCUT2D eigenvalue weighted by Gasteiger charge is 2.19. The van der Waals surface area contributed by atoms with E-state index in [9.17, 15) is 0 Å². The number of allylic oxidation sites excluding steroid dienone is 4. The van der Waals surface area contributed by atoms with Crippen LogP contribution in [0.15, 0.2) is 225 Å². The van der Waals surface area contributed by atoms with E-state index in [-0.39, 0.29) is 0 Å². The van der Waals surface area contributed by atoms with E-state index in [1.54, 1.807) is 0 Å². The van der Waals surface area contributed by atoms with Crippen LogP contribution < -0.4 is 4.90 Å². The number of pyridine rings is 2. The molecule has 9 aromatic rings. The van der Waals surface area contributed by atoms with Crippen molar-refractivity contribution in [2.45, 2.75) is 6.92 Å². The van der Waals surface area contributed by atoms with Crippen LogP contribution in [0.25, 0.3) is 66.4 Å². The molecule has 6 aromatic carbocycles. The van der Waals surface area contributed by atoms with E-state index in [4.69, 9.17) is 0 Å². The monoisotopic (exact) mass is 732 g/mol. The molecule has 0 fully saturated rings. The first-order chi connectivity index (χ1) is 28.2. The fourth-order valence-corrected chi connectivity index (χ4v) is 7.74. The topological polar surface area (TPSA) is 34.0 Å². The van der Waals surface area contributed by atoms with Crippen LogP contribution in [0.2, 0.25) is 0 Å². The third-order valence-corrected chi connectivity index (χ3v) is 10.5. The maximum Gasteiger partial charge on any atom is 0.0619 e. The molecule has 0 saturated carbocycles. The Morgan fingerprint density at radius 1 is 0.526 bits per heavy atom.